The fourth-order valence-corrected chi connectivity index (χ4v) is 3.36. The Bertz CT molecular complexity index is 760. The Morgan fingerprint density at radius 1 is 1.08 bits per heavy atom. The van der Waals surface area contributed by atoms with Crippen molar-refractivity contribution < 1.29 is 18.3 Å². The van der Waals surface area contributed by atoms with Crippen molar-refractivity contribution in [3.8, 4) is 16.9 Å². The largest absolute Gasteiger partial charge is 0.491 e. The molecule has 0 spiro atoms. The van der Waals surface area contributed by atoms with E-state index in [1.807, 2.05) is 37.3 Å². The third-order valence-corrected chi connectivity index (χ3v) is 4.76. The van der Waals surface area contributed by atoms with Crippen molar-refractivity contribution in [2.24, 2.45) is 0 Å². The van der Waals surface area contributed by atoms with Crippen LogP contribution in [0.15, 0.2) is 48.6 Å². The molecule has 1 saturated heterocycles. The Hall–Kier alpha value is -2.20. The summed E-state index contributed by atoms with van der Waals surface area (Å²) in [6.45, 7) is 4.71. The van der Waals surface area contributed by atoms with Gasteiger partial charge in [0.1, 0.15) is 0 Å². The van der Waals surface area contributed by atoms with Gasteiger partial charge in [0.2, 0.25) is 5.82 Å². The molecule has 2 aromatic carbocycles. The van der Waals surface area contributed by atoms with Crippen molar-refractivity contribution in [1.82, 2.24) is 0 Å². The van der Waals surface area contributed by atoms with E-state index in [4.69, 9.17) is 9.47 Å². The summed E-state index contributed by atoms with van der Waals surface area (Å²) >= 11 is 0. The molecule has 0 aromatic heterocycles. The van der Waals surface area contributed by atoms with Crippen LogP contribution < -0.4 is 4.74 Å². The normalized spacial score (nSPS) is 20.5. The first-order valence-electron chi connectivity index (χ1n) is 9.09. The molecule has 1 aliphatic heterocycles. The van der Waals surface area contributed by atoms with Crippen LogP contribution >= 0.6 is 0 Å². The van der Waals surface area contributed by atoms with E-state index in [-0.39, 0.29) is 17.4 Å². The van der Waals surface area contributed by atoms with Gasteiger partial charge in [0, 0.05) is 11.5 Å². The lowest BCUT2D eigenvalue weighted by Gasteiger charge is -2.27. The molecule has 1 fully saturated rings. The summed E-state index contributed by atoms with van der Waals surface area (Å²) in [6, 6.07) is 10.7. The van der Waals surface area contributed by atoms with Crippen molar-refractivity contribution in [1.29, 1.82) is 0 Å². The predicted octanol–water partition coefficient (Wildman–Crippen LogP) is 5.87. The molecule has 0 bridgehead atoms. The minimum atomic E-state index is -0.941. The molecule has 0 amide bonds. The SMILES string of the molecule is C/C=C/C1CCC(c2ccc(-c3ccc(OCC)c(F)c3F)cc2)CO1. The first-order valence-corrected chi connectivity index (χ1v) is 9.09. The second kappa shape index (κ2) is 8.45. The summed E-state index contributed by atoms with van der Waals surface area (Å²) < 4.78 is 39.4. The molecule has 0 saturated carbocycles. The highest BCUT2D eigenvalue weighted by molar-refractivity contribution is 5.65. The average Bonchev–Trinajstić information content (AvgIpc) is 2.67. The van der Waals surface area contributed by atoms with Crippen molar-refractivity contribution >= 4 is 0 Å². The molecule has 138 valence electrons. The molecule has 1 aliphatic rings. The zero-order valence-corrected chi connectivity index (χ0v) is 15.2. The maximum atomic E-state index is 14.4. The second-order valence-electron chi connectivity index (χ2n) is 6.47. The molecule has 1 heterocycles. The zero-order chi connectivity index (χ0) is 18.5. The van der Waals surface area contributed by atoms with E-state index < -0.39 is 11.6 Å². The molecule has 2 nitrogen and oxygen atoms in total. The third-order valence-electron chi connectivity index (χ3n) is 4.76. The van der Waals surface area contributed by atoms with Crippen molar-refractivity contribution in [3.63, 3.8) is 0 Å². The lowest BCUT2D eigenvalue weighted by atomic mass is 9.90. The van der Waals surface area contributed by atoms with Crippen LogP contribution in [-0.4, -0.2) is 19.3 Å². The number of benzene rings is 2. The molecule has 0 N–H and O–H groups in total. The number of allylic oxidation sites excluding steroid dienone is 1. The van der Waals surface area contributed by atoms with Crippen molar-refractivity contribution in [3.05, 3.63) is 65.7 Å². The Labute approximate surface area is 153 Å². The molecule has 0 aliphatic carbocycles. The molecule has 3 rings (SSSR count). The molecule has 2 atom stereocenters. The minimum absolute atomic E-state index is 0.0552. The van der Waals surface area contributed by atoms with Crippen LogP contribution in [0.25, 0.3) is 11.1 Å². The van der Waals surface area contributed by atoms with Gasteiger partial charge in [-0.15, -0.1) is 0 Å². The first-order chi connectivity index (χ1) is 12.6. The van der Waals surface area contributed by atoms with Gasteiger partial charge in [-0.25, -0.2) is 4.39 Å². The van der Waals surface area contributed by atoms with Crippen LogP contribution in [0, 0.1) is 11.6 Å². The monoisotopic (exact) mass is 358 g/mol. The number of hydrogen-bond donors (Lipinski definition) is 0. The van der Waals surface area contributed by atoms with Crippen molar-refractivity contribution in [2.45, 2.75) is 38.7 Å². The van der Waals surface area contributed by atoms with Gasteiger partial charge < -0.3 is 9.47 Å². The maximum Gasteiger partial charge on any atom is 0.201 e. The van der Waals surface area contributed by atoms with Gasteiger partial charge in [0.15, 0.2) is 11.6 Å². The number of hydrogen-bond acceptors (Lipinski definition) is 2. The van der Waals surface area contributed by atoms with Crippen LogP contribution in [0.2, 0.25) is 0 Å². The maximum absolute atomic E-state index is 14.4. The van der Waals surface area contributed by atoms with Crippen LogP contribution in [0.4, 0.5) is 8.78 Å². The summed E-state index contributed by atoms with van der Waals surface area (Å²) in [5.41, 5.74) is 2.06. The van der Waals surface area contributed by atoms with Crippen LogP contribution in [0.3, 0.4) is 0 Å². The van der Waals surface area contributed by atoms with Gasteiger partial charge >= 0.3 is 0 Å². The summed E-state index contributed by atoms with van der Waals surface area (Å²) in [5, 5.41) is 0. The Morgan fingerprint density at radius 3 is 2.46 bits per heavy atom. The number of rotatable bonds is 5. The smallest absolute Gasteiger partial charge is 0.201 e. The molecule has 26 heavy (non-hydrogen) atoms. The first kappa shape index (κ1) is 18.6. The molecule has 0 radical (unpaired) electrons. The molecule has 2 unspecified atom stereocenters. The molecule has 4 heteroatoms. The molecule has 2 aromatic rings. The quantitative estimate of drug-likeness (QED) is 0.622. The van der Waals surface area contributed by atoms with Gasteiger partial charge in [-0.2, -0.15) is 4.39 Å². The molecular weight excluding hydrogens is 334 g/mol. The number of halogens is 2. The van der Waals surface area contributed by atoms with E-state index in [0.717, 1.165) is 12.8 Å². The van der Waals surface area contributed by atoms with Gasteiger partial charge in [0.05, 0.1) is 19.3 Å². The van der Waals surface area contributed by atoms with E-state index in [2.05, 4.69) is 6.08 Å². The van der Waals surface area contributed by atoms with E-state index in [9.17, 15) is 8.78 Å². The van der Waals surface area contributed by atoms with Gasteiger partial charge in [-0.3, -0.25) is 0 Å². The van der Waals surface area contributed by atoms with Gasteiger partial charge in [-0.05, 0) is 49.9 Å². The highest BCUT2D eigenvalue weighted by atomic mass is 19.2. The van der Waals surface area contributed by atoms with Crippen LogP contribution in [0.1, 0.15) is 38.2 Å². The van der Waals surface area contributed by atoms with Crippen LogP contribution in [0.5, 0.6) is 5.75 Å². The summed E-state index contributed by atoms with van der Waals surface area (Å²) in [4.78, 5) is 0. The topological polar surface area (TPSA) is 18.5 Å². The average molecular weight is 358 g/mol. The van der Waals surface area contributed by atoms with E-state index in [0.29, 0.717) is 24.7 Å². The van der Waals surface area contributed by atoms with Gasteiger partial charge in [-0.1, -0.05) is 36.4 Å². The van der Waals surface area contributed by atoms with Gasteiger partial charge in [0.25, 0.3) is 0 Å². The lowest BCUT2D eigenvalue weighted by Crippen LogP contribution is -2.23. The predicted molar refractivity (Wildman–Crippen MR) is 99.5 cm³/mol. The fraction of sp³-hybridized carbons (Fsp3) is 0.364. The van der Waals surface area contributed by atoms with Crippen LogP contribution in [-0.2, 0) is 4.74 Å². The second-order valence-corrected chi connectivity index (χ2v) is 6.47. The highest BCUT2D eigenvalue weighted by Gasteiger charge is 2.21. The zero-order valence-electron chi connectivity index (χ0n) is 15.2. The van der Waals surface area contributed by atoms with E-state index in [1.165, 1.54) is 11.6 Å². The summed E-state index contributed by atoms with van der Waals surface area (Å²) in [5.74, 6) is -1.53. The summed E-state index contributed by atoms with van der Waals surface area (Å²) in [7, 11) is 0. The standard InChI is InChI=1S/C22H24F2O2/c1-3-5-18-11-10-17(14-26-18)15-6-8-16(9-7-15)19-12-13-20(25-4-2)22(24)21(19)23/h3,5-9,12-13,17-18H,4,10-11,14H2,1-2H3/b5-3+. The summed E-state index contributed by atoms with van der Waals surface area (Å²) in [6.07, 6.45) is 6.36. The Balaban J connectivity index is 1.75. The van der Waals surface area contributed by atoms with Crippen molar-refractivity contribution in [2.75, 3.05) is 13.2 Å². The Morgan fingerprint density at radius 2 is 1.85 bits per heavy atom. The minimum Gasteiger partial charge on any atom is -0.491 e. The highest BCUT2D eigenvalue weighted by Crippen LogP contribution is 2.33. The number of ether oxygens (including phenoxy) is 2. The third kappa shape index (κ3) is 3.96. The molecular formula is C22H24F2O2. The lowest BCUT2D eigenvalue weighted by molar-refractivity contribution is 0.0326. The fourth-order valence-electron chi connectivity index (χ4n) is 3.36. The Kier molecular flexibility index (Phi) is 6.04. The van der Waals surface area contributed by atoms with E-state index in [1.54, 1.807) is 13.0 Å². The van der Waals surface area contributed by atoms with E-state index >= 15 is 0 Å².